The smallest absolute Gasteiger partial charge is 0.0767 e. The molecule has 0 bridgehead atoms. The number of pyridine rings is 1. The van der Waals surface area contributed by atoms with E-state index in [1.54, 1.807) is 0 Å². The van der Waals surface area contributed by atoms with Gasteiger partial charge in [-0.3, -0.25) is 4.98 Å². The zero-order valence-corrected chi connectivity index (χ0v) is 10.3. The summed E-state index contributed by atoms with van der Waals surface area (Å²) < 4.78 is 0. The highest BCUT2D eigenvalue weighted by Gasteiger charge is 2.14. The maximum absolute atomic E-state index is 6.25. The Bertz CT molecular complexity index is 479. The first-order valence-electron chi connectivity index (χ1n) is 5.96. The first kappa shape index (κ1) is 11.9. The Morgan fingerprint density at radius 3 is 2.35 bits per heavy atom. The minimum Gasteiger partial charge on any atom is -0.256 e. The Kier molecular flexibility index (Phi) is 3.63. The van der Waals surface area contributed by atoms with Crippen molar-refractivity contribution in [1.29, 1.82) is 0 Å². The van der Waals surface area contributed by atoms with Crippen molar-refractivity contribution in [2.24, 2.45) is 5.92 Å². The topological polar surface area (TPSA) is 12.9 Å². The maximum Gasteiger partial charge on any atom is 0.0767 e. The van der Waals surface area contributed by atoms with E-state index in [1.165, 1.54) is 5.56 Å². The number of nitrogens with zero attached hydrogens (tertiary/aromatic N) is 1. The van der Waals surface area contributed by atoms with Crippen molar-refractivity contribution in [2.75, 3.05) is 0 Å². The van der Waals surface area contributed by atoms with Gasteiger partial charge in [0.1, 0.15) is 0 Å². The molecule has 0 aliphatic carbocycles. The molecule has 1 aromatic carbocycles. The largest absolute Gasteiger partial charge is 0.256 e. The van der Waals surface area contributed by atoms with Crippen molar-refractivity contribution in [3.63, 3.8) is 0 Å². The van der Waals surface area contributed by atoms with Gasteiger partial charge in [0, 0.05) is 11.8 Å². The van der Waals surface area contributed by atoms with E-state index in [2.05, 4.69) is 31.0 Å². The van der Waals surface area contributed by atoms with E-state index in [-0.39, 0.29) is 5.82 Å². The van der Waals surface area contributed by atoms with Gasteiger partial charge in [-0.2, -0.15) is 0 Å². The van der Waals surface area contributed by atoms with E-state index in [0.717, 1.165) is 11.3 Å². The molecule has 1 aromatic heterocycles. The molecule has 2 rings (SSSR count). The first-order chi connectivity index (χ1) is 8.20. The number of hydrogen-bond donors (Lipinski definition) is 0. The monoisotopic (exact) mass is 221 g/mol. The van der Waals surface area contributed by atoms with Crippen LogP contribution in [0.1, 0.15) is 25.2 Å². The predicted molar refractivity (Wildman–Crippen MR) is 73.0 cm³/mol. The fourth-order valence-corrected chi connectivity index (χ4v) is 1.90. The van der Waals surface area contributed by atoms with Gasteiger partial charge in [-0.25, -0.2) is 0 Å². The van der Waals surface area contributed by atoms with Gasteiger partial charge >= 0.3 is 0 Å². The lowest BCUT2D eigenvalue weighted by Gasteiger charge is -2.19. The van der Waals surface area contributed by atoms with Gasteiger partial charge in [0.2, 0.25) is 0 Å². The molecule has 1 unspecified atom stereocenters. The van der Waals surface area contributed by atoms with Crippen LogP contribution >= 0.6 is 0 Å². The number of hydrogen-bond acceptors (Lipinski definition) is 1. The van der Waals surface area contributed by atoms with Crippen LogP contribution in [0.3, 0.4) is 0 Å². The quantitative estimate of drug-likeness (QED) is 0.721. The highest BCUT2D eigenvalue weighted by Crippen LogP contribution is 2.30. The molecule has 0 saturated heterocycles. The van der Waals surface area contributed by atoms with E-state index in [4.69, 9.17) is 7.85 Å². The van der Waals surface area contributed by atoms with E-state index >= 15 is 0 Å². The van der Waals surface area contributed by atoms with E-state index in [9.17, 15) is 0 Å². The molecule has 0 aliphatic rings. The average molecular weight is 221 g/mol. The van der Waals surface area contributed by atoms with E-state index in [0.29, 0.717) is 5.92 Å². The summed E-state index contributed by atoms with van der Waals surface area (Å²) in [5.41, 5.74) is 3.29. The molecule has 0 amide bonds. The van der Waals surface area contributed by atoms with Gasteiger partial charge in [0.15, 0.2) is 0 Å². The summed E-state index contributed by atoms with van der Waals surface area (Å²) in [6, 6.07) is 14.2. The molecule has 1 heterocycles. The van der Waals surface area contributed by atoms with Crippen molar-refractivity contribution < 1.29 is 0 Å². The molecule has 0 N–H and O–H groups in total. The Morgan fingerprint density at radius 1 is 1.00 bits per heavy atom. The molecule has 84 valence electrons. The van der Waals surface area contributed by atoms with Crippen LogP contribution in [0.15, 0.2) is 48.7 Å². The lowest BCUT2D eigenvalue weighted by Crippen LogP contribution is -2.08. The number of rotatable bonds is 3. The second kappa shape index (κ2) is 5.18. The van der Waals surface area contributed by atoms with Crippen molar-refractivity contribution in [3.05, 3.63) is 54.2 Å². The molecule has 2 aromatic rings. The Hall–Kier alpha value is -1.57. The molecule has 0 aliphatic heterocycles. The minimum absolute atomic E-state index is 0.0493. The summed E-state index contributed by atoms with van der Waals surface area (Å²) in [5.74, 6) is 0.466. The fraction of sp³-hybridized carbons (Fsp3) is 0.267. The van der Waals surface area contributed by atoms with Crippen molar-refractivity contribution in [1.82, 2.24) is 4.98 Å². The van der Waals surface area contributed by atoms with Gasteiger partial charge in [-0.1, -0.05) is 50.0 Å². The summed E-state index contributed by atoms with van der Waals surface area (Å²) in [7, 11) is 6.25. The third-order valence-electron chi connectivity index (χ3n) is 2.98. The number of aromatic nitrogens is 1. The molecular weight excluding hydrogens is 205 g/mol. The zero-order chi connectivity index (χ0) is 12.3. The SMILES string of the molecule is [B]C(c1ccccc1-c1ccccn1)C(C)C. The Labute approximate surface area is 104 Å². The zero-order valence-electron chi connectivity index (χ0n) is 10.3. The fourth-order valence-electron chi connectivity index (χ4n) is 1.90. The van der Waals surface area contributed by atoms with Crippen molar-refractivity contribution >= 4 is 7.85 Å². The molecule has 0 fully saturated rings. The normalized spacial score (nSPS) is 12.6. The van der Waals surface area contributed by atoms with Crippen molar-refractivity contribution in [3.8, 4) is 11.3 Å². The molecule has 1 atom stereocenters. The maximum atomic E-state index is 6.25. The van der Waals surface area contributed by atoms with Crippen molar-refractivity contribution in [2.45, 2.75) is 19.7 Å². The third-order valence-corrected chi connectivity index (χ3v) is 2.98. The van der Waals surface area contributed by atoms with Crippen LogP contribution in [0, 0.1) is 5.92 Å². The molecule has 17 heavy (non-hydrogen) atoms. The third kappa shape index (κ3) is 2.58. The average Bonchev–Trinajstić information content (AvgIpc) is 2.39. The summed E-state index contributed by atoms with van der Waals surface area (Å²) in [5, 5.41) is 0. The van der Waals surface area contributed by atoms with Crippen LogP contribution in [-0.2, 0) is 0 Å². The minimum atomic E-state index is 0.0493. The highest BCUT2D eigenvalue weighted by molar-refractivity contribution is 6.13. The second-order valence-corrected chi connectivity index (χ2v) is 4.57. The molecule has 0 spiro atoms. The van der Waals surface area contributed by atoms with Gasteiger partial charge in [-0.05, 0) is 23.6 Å². The summed E-state index contributed by atoms with van der Waals surface area (Å²) >= 11 is 0. The lowest BCUT2D eigenvalue weighted by molar-refractivity contribution is 0.624. The van der Waals surface area contributed by atoms with Crippen LogP contribution < -0.4 is 0 Å². The van der Waals surface area contributed by atoms with Gasteiger partial charge in [-0.15, -0.1) is 0 Å². The first-order valence-corrected chi connectivity index (χ1v) is 5.96. The molecule has 2 radical (unpaired) electrons. The standard InChI is InChI=1S/C15H16BN/c1-11(2)15(16)13-8-4-3-7-12(13)14-9-5-6-10-17-14/h3-11,15H,1-2H3. The van der Waals surface area contributed by atoms with E-state index < -0.39 is 0 Å². The van der Waals surface area contributed by atoms with Crippen LogP contribution in [-0.4, -0.2) is 12.8 Å². The van der Waals surface area contributed by atoms with Gasteiger partial charge < -0.3 is 0 Å². The van der Waals surface area contributed by atoms with Crippen LogP contribution in [0.25, 0.3) is 11.3 Å². The summed E-state index contributed by atoms with van der Waals surface area (Å²) in [6.45, 7) is 4.28. The Morgan fingerprint density at radius 2 is 1.71 bits per heavy atom. The van der Waals surface area contributed by atoms with E-state index in [1.807, 2.05) is 36.5 Å². The van der Waals surface area contributed by atoms with Crippen LogP contribution in [0.5, 0.6) is 0 Å². The highest BCUT2D eigenvalue weighted by atomic mass is 14.7. The molecule has 1 nitrogen and oxygen atoms in total. The predicted octanol–water partition coefficient (Wildman–Crippen LogP) is 3.61. The van der Waals surface area contributed by atoms with Crippen LogP contribution in [0.4, 0.5) is 0 Å². The molecule has 2 heteroatoms. The van der Waals surface area contributed by atoms with Gasteiger partial charge in [0.05, 0.1) is 13.5 Å². The molecule has 0 saturated carbocycles. The Balaban J connectivity index is 2.48. The van der Waals surface area contributed by atoms with Crippen LogP contribution in [0.2, 0.25) is 0 Å². The van der Waals surface area contributed by atoms with Gasteiger partial charge in [0.25, 0.3) is 0 Å². The molecular formula is C15H16BN. The summed E-state index contributed by atoms with van der Waals surface area (Å²) in [4.78, 5) is 4.40. The lowest BCUT2D eigenvalue weighted by atomic mass is 9.71. The second-order valence-electron chi connectivity index (χ2n) is 4.57. The summed E-state index contributed by atoms with van der Waals surface area (Å²) in [6.07, 6.45) is 1.81. The number of benzene rings is 1.